The molecule has 0 aliphatic rings. The molecule has 190 valence electrons. The summed E-state index contributed by atoms with van der Waals surface area (Å²) in [6, 6.07) is 15.5. The van der Waals surface area contributed by atoms with Crippen molar-refractivity contribution in [2.45, 2.75) is 58.5 Å². The van der Waals surface area contributed by atoms with Crippen molar-refractivity contribution in [3.8, 4) is 22.6 Å². The van der Waals surface area contributed by atoms with Gasteiger partial charge in [-0.1, -0.05) is 63.7 Å². The topological polar surface area (TPSA) is 56.5 Å². The Morgan fingerprint density at radius 3 is 2.39 bits per heavy atom. The molecule has 0 bridgehead atoms. The number of fused-ring (bicyclic) bond motifs is 1. The first kappa shape index (κ1) is 26.3. The summed E-state index contributed by atoms with van der Waals surface area (Å²) in [5.41, 5.74) is 4.54. The standard InChI is InChI=1S/C29H35ClN2O3Si/c1-19(20-10-13-22(30)14-11-20)35-25-15-12-21(18-33)26(27(25)34-5)24-17-32(36(6,7)29(2,3)4)28-23(24)9-8-16-31-28/h8-17,19,33H,18H2,1-7H3. The van der Waals surface area contributed by atoms with Crippen LogP contribution in [-0.4, -0.2) is 29.7 Å². The van der Waals surface area contributed by atoms with E-state index < -0.39 is 8.24 Å². The Morgan fingerprint density at radius 1 is 1.08 bits per heavy atom. The van der Waals surface area contributed by atoms with Gasteiger partial charge in [-0.15, -0.1) is 0 Å². The molecule has 1 unspecified atom stereocenters. The minimum absolute atomic E-state index is 0.108. The van der Waals surface area contributed by atoms with E-state index in [2.05, 4.69) is 50.4 Å². The van der Waals surface area contributed by atoms with Crippen molar-refractivity contribution in [2.75, 3.05) is 7.11 Å². The molecule has 2 aromatic heterocycles. The van der Waals surface area contributed by atoms with Crippen molar-refractivity contribution in [1.82, 2.24) is 9.22 Å². The number of benzene rings is 2. The highest BCUT2D eigenvalue weighted by molar-refractivity contribution is 6.79. The van der Waals surface area contributed by atoms with Crippen molar-refractivity contribution < 1.29 is 14.6 Å². The van der Waals surface area contributed by atoms with Crippen molar-refractivity contribution in [1.29, 1.82) is 0 Å². The first-order valence-corrected chi connectivity index (χ1v) is 15.5. The van der Waals surface area contributed by atoms with E-state index in [1.807, 2.05) is 55.6 Å². The van der Waals surface area contributed by atoms with Gasteiger partial charge < -0.3 is 18.8 Å². The number of rotatable bonds is 7. The Bertz CT molecular complexity index is 1370. The number of hydrogen-bond acceptors (Lipinski definition) is 4. The Balaban J connectivity index is 1.91. The second-order valence-corrected chi connectivity index (χ2v) is 16.2. The van der Waals surface area contributed by atoms with Crippen LogP contribution in [0.5, 0.6) is 11.5 Å². The van der Waals surface area contributed by atoms with E-state index in [9.17, 15) is 5.11 Å². The van der Waals surface area contributed by atoms with Crippen LogP contribution >= 0.6 is 11.6 Å². The van der Waals surface area contributed by atoms with Crippen molar-refractivity contribution in [3.05, 3.63) is 77.1 Å². The van der Waals surface area contributed by atoms with Gasteiger partial charge in [0.25, 0.3) is 0 Å². The summed E-state index contributed by atoms with van der Waals surface area (Å²) < 4.78 is 14.7. The molecule has 4 rings (SSSR count). The van der Waals surface area contributed by atoms with Gasteiger partial charge >= 0.3 is 0 Å². The highest BCUT2D eigenvalue weighted by atomic mass is 35.5. The number of pyridine rings is 1. The SMILES string of the molecule is COc1c(OC(C)c2ccc(Cl)cc2)ccc(CO)c1-c1cn([Si](C)(C)C(C)(C)C)c2ncccc12. The molecule has 7 heteroatoms. The van der Waals surface area contributed by atoms with Crippen LogP contribution in [-0.2, 0) is 6.61 Å². The van der Waals surface area contributed by atoms with E-state index in [1.165, 1.54) is 0 Å². The average molecular weight is 523 g/mol. The zero-order valence-electron chi connectivity index (χ0n) is 22.1. The average Bonchev–Trinajstić information content (AvgIpc) is 3.23. The minimum Gasteiger partial charge on any atom is -0.492 e. The van der Waals surface area contributed by atoms with Crippen LogP contribution in [0.2, 0.25) is 23.2 Å². The molecule has 0 aliphatic heterocycles. The van der Waals surface area contributed by atoms with Crippen molar-refractivity contribution in [2.24, 2.45) is 0 Å². The summed E-state index contributed by atoms with van der Waals surface area (Å²) in [6.07, 6.45) is 3.81. The first-order chi connectivity index (χ1) is 17.0. The fraction of sp³-hybridized carbons (Fsp3) is 0.345. The number of hydrogen-bond donors (Lipinski definition) is 1. The molecule has 0 saturated heterocycles. The lowest BCUT2D eigenvalue weighted by atomic mass is 9.98. The molecule has 36 heavy (non-hydrogen) atoms. The maximum Gasteiger partial charge on any atom is 0.169 e. The largest absolute Gasteiger partial charge is 0.492 e. The molecule has 2 aromatic carbocycles. The molecule has 2 heterocycles. The highest BCUT2D eigenvalue weighted by Crippen LogP contribution is 2.47. The van der Waals surface area contributed by atoms with E-state index in [-0.39, 0.29) is 17.7 Å². The molecule has 0 radical (unpaired) electrons. The highest BCUT2D eigenvalue weighted by Gasteiger charge is 2.39. The van der Waals surface area contributed by atoms with Gasteiger partial charge in [-0.2, -0.15) is 0 Å². The third kappa shape index (κ3) is 4.65. The maximum atomic E-state index is 10.3. The predicted octanol–water partition coefficient (Wildman–Crippen LogP) is 7.85. The van der Waals surface area contributed by atoms with E-state index in [0.29, 0.717) is 16.5 Å². The summed E-state index contributed by atoms with van der Waals surface area (Å²) in [6.45, 7) is 13.5. The number of aliphatic hydroxyl groups excluding tert-OH is 1. The number of nitrogens with zero attached hydrogens (tertiary/aromatic N) is 2. The van der Waals surface area contributed by atoms with Gasteiger partial charge in [0, 0.05) is 33.9 Å². The Kier molecular flexibility index (Phi) is 7.24. The summed E-state index contributed by atoms with van der Waals surface area (Å²) in [5.74, 6) is 1.21. The normalized spacial score (nSPS) is 13.1. The van der Waals surface area contributed by atoms with Crippen LogP contribution in [0.4, 0.5) is 0 Å². The Morgan fingerprint density at radius 2 is 1.78 bits per heavy atom. The van der Waals surface area contributed by atoms with Crippen LogP contribution in [0.25, 0.3) is 22.2 Å². The van der Waals surface area contributed by atoms with E-state index in [0.717, 1.165) is 33.3 Å². The van der Waals surface area contributed by atoms with Gasteiger partial charge in [0.2, 0.25) is 0 Å². The molecular weight excluding hydrogens is 488 g/mol. The second-order valence-electron chi connectivity index (χ2n) is 10.7. The van der Waals surface area contributed by atoms with Crippen LogP contribution in [0.3, 0.4) is 0 Å². The fourth-order valence-corrected chi connectivity index (χ4v) is 6.37. The number of aliphatic hydroxyl groups is 1. The quantitative estimate of drug-likeness (QED) is 0.251. The molecule has 4 aromatic rings. The molecule has 0 aliphatic carbocycles. The van der Waals surface area contributed by atoms with Gasteiger partial charge in [0.1, 0.15) is 11.8 Å². The number of methoxy groups -OCH3 is 1. The van der Waals surface area contributed by atoms with Gasteiger partial charge in [-0.05, 0) is 53.4 Å². The van der Waals surface area contributed by atoms with Gasteiger partial charge in [0.15, 0.2) is 19.7 Å². The van der Waals surface area contributed by atoms with Crippen LogP contribution in [0, 0.1) is 0 Å². The second kappa shape index (κ2) is 9.92. The van der Waals surface area contributed by atoms with Gasteiger partial charge in [0.05, 0.1) is 13.7 Å². The molecule has 1 N–H and O–H groups in total. The summed E-state index contributed by atoms with van der Waals surface area (Å²) in [5, 5.41) is 12.1. The molecule has 0 saturated carbocycles. The van der Waals surface area contributed by atoms with Crippen LogP contribution in [0.15, 0.2) is 60.9 Å². The molecular formula is C29H35ClN2O3Si. The lowest BCUT2D eigenvalue weighted by Crippen LogP contribution is -2.45. The summed E-state index contributed by atoms with van der Waals surface area (Å²) in [4.78, 5) is 4.79. The van der Waals surface area contributed by atoms with Gasteiger partial charge in [-0.25, -0.2) is 4.98 Å². The smallest absolute Gasteiger partial charge is 0.169 e. The number of aromatic nitrogens is 2. The zero-order valence-corrected chi connectivity index (χ0v) is 23.8. The Labute approximate surface area is 219 Å². The maximum absolute atomic E-state index is 10.3. The van der Waals surface area contributed by atoms with E-state index >= 15 is 0 Å². The lowest BCUT2D eigenvalue weighted by Gasteiger charge is -2.38. The first-order valence-electron chi connectivity index (χ1n) is 12.2. The monoisotopic (exact) mass is 522 g/mol. The van der Waals surface area contributed by atoms with Crippen molar-refractivity contribution >= 4 is 30.9 Å². The number of ether oxygens (including phenoxy) is 2. The molecule has 5 nitrogen and oxygen atoms in total. The summed E-state index contributed by atoms with van der Waals surface area (Å²) in [7, 11) is -0.348. The molecule has 0 amide bonds. The Hall–Kier alpha value is -2.80. The third-order valence-electron chi connectivity index (χ3n) is 7.50. The van der Waals surface area contributed by atoms with Gasteiger partial charge in [-0.3, -0.25) is 0 Å². The zero-order chi connectivity index (χ0) is 26.3. The van der Waals surface area contributed by atoms with Crippen molar-refractivity contribution in [3.63, 3.8) is 0 Å². The minimum atomic E-state index is -1.99. The molecule has 0 fully saturated rings. The van der Waals surface area contributed by atoms with E-state index in [1.54, 1.807) is 7.11 Å². The summed E-state index contributed by atoms with van der Waals surface area (Å²) >= 11 is 6.07. The predicted molar refractivity (Wildman–Crippen MR) is 151 cm³/mol. The number of halogens is 1. The lowest BCUT2D eigenvalue weighted by molar-refractivity contribution is 0.215. The fourth-order valence-electron chi connectivity index (χ4n) is 4.36. The molecule has 0 spiro atoms. The third-order valence-corrected chi connectivity index (χ3v) is 13.0. The van der Waals surface area contributed by atoms with E-state index in [4.69, 9.17) is 26.1 Å². The van der Waals surface area contributed by atoms with Crippen LogP contribution in [0.1, 0.15) is 44.9 Å². The van der Waals surface area contributed by atoms with Crippen LogP contribution < -0.4 is 9.47 Å². The molecule has 1 atom stereocenters.